The third-order valence-electron chi connectivity index (χ3n) is 4.65. The lowest BCUT2D eigenvalue weighted by molar-refractivity contribution is -0.141. The van der Waals surface area contributed by atoms with Crippen molar-refractivity contribution in [3.8, 4) is 5.75 Å². The molecule has 25 heavy (non-hydrogen) atoms. The highest BCUT2D eigenvalue weighted by molar-refractivity contribution is 5.99. The first kappa shape index (κ1) is 18.7. The van der Waals surface area contributed by atoms with Crippen molar-refractivity contribution in [2.75, 3.05) is 13.7 Å². The molecule has 0 radical (unpaired) electrons. The zero-order valence-corrected chi connectivity index (χ0v) is 15.4. The number of ether oxygens (including phenoxy) is 2. The van der Waals surface area contributed by atoms with E-state index in [1.54, 1.807) is 31.4 Å². The third-order valence-corrected chi connectivity index (χ3v) is 4.65. The van der Waals surface area contributed by atoms with Crippen LogP contribution in [0.1, 0.15) is 38.2 Å². The Balaban J connectivity index is 1.98. The van der Waals surface area contributed by atoms with Gasteiger partial charge < -0.3 is 9.47 Å². The molecule has 2 rings (SSSR count). The van der Waals surface area contributed by atoms with Gasteiger partial charge in [0, 0.05) is 5.56 Å². The van der Waals surface area contributed by atoms with Gasteiger partial charge in [0.1, 0.15) is 5.75 Å². The smallest absolute Gasteiger partial charge is 0.310 e. The van der Waals surface area contributed by atoms with Gasteiger partial charge in [0.2, 0.25) is 5.78 Å². The number of aryl methyl sites for hydroxylation is 1. The topological polar surface area (TPSA) is 52.6 Å². The number of benzene rings is 2. The maximum Gasteiger partial charge on any atom is 0.310 e. The van der Waals surface area contributed by atoms with Gasteiger partial charge in [-0.2, -0.15) is 0 Å². The van der Waals surface area contributed by atoms with Crippen molar-refractivity contribution in [2.24, 2.45) is 0 Å². The number of rotatable bonds is 6. The van der Waals surface area contributed by atoms with Crippen LogP contribution in [0, 0.1) is 27.7 Å². The molecule has 0 spiro atoms. The van der Waals surface area contributed by atoms with Crippen molar-refractivity contribution in [1.82, 2.24) is 0 Å². The van der Waals surface area contributed by atoms with Gasteiger partial charge in [-0.3, -0.25) is 9.59 Å². The molecule has 0 saturated heterocycles. The molecule has 0 N–H and O–H groups in total. The third kappa shape index (κ3) is 4.47. The average molecular weight is 340 g/mol. The lowest BCUT2D eigenvalue weighted by Crippen LogP contribution is -2.17. The van der Waals surface area contributed by atoms with Crippen LogP contribution in [-0.2, 0) is 16.0 Å². The summed E-state index contributed by atoms with van der Waals surface area (Å²) < 4.78 is 10.2. The number of methoxy groups -OCH3 is 1. The Hall–Kier alpha value is -2.62. The van der Waals surface area contributed by atoms with Gasteiger partial charge in [-0.25, -0.2) is 0 Å². The highest BCUT2D eigenvalue weighted by Gasteiger charge is 2.16. The molecular weight excluding hydrogens is 316 g/mol. The normalized spacial score (nSPS) is 10.4. The van der Waals surface area contributed by atoms with Gasteiger partial charge in [-0.15, -0.1) is 0 Å². The van der Waals surface area contributed by atoms with Crippen LogP contribution in [0.15, 0.2) is 30.3 Å². The molecule has 0 bridgehead atoms. The van der Waals surface area contributed by atoms with E-state index in [0.29, 0.717) is 5.56 Å². The van der Waals surface area contributed by atoms with Crippen LogP contribution >= 0.6 is 0 Å². The van der Waals surface area contributed by atoms with E-state index in [1.807, 2.05) is 33.8 Å². The van der Waals surface area contributed by atoms with Crippen LogP contribution < -0.4 is 4.74 Å². The van der Waals surface area contributed by atoms with E-state index in [4.69, 9.17) is 9.47 Å². The van der Waals surface area contributed by atoms with Crippen molar-refractivity contribution < 1.29 is 19.1 Å². The molecule has 0 saturated carbocycles. The Bertz CT molecular complexity index is 789. The van der Waals surface area contributed by atoms with Crippen LogP contribution in [-0.4, -0.2) is 25.5 Å². The van der Waals surface area contributed by atoms with E-state index in [1.165, 1.54) is 5.56 Å². The molecule has 4 nitrogen and oxygen atoms in total. The molecule has 0 aromatic heterocycles. The number of carbonyl (C=O) groups is 2. The lowest BCUT2D eigenvalue weighted by Gasteiger charge is -2.13. The second kappa shape index (κ2) is 7.97. The van der Waals surface area contributed by atoms with Crippen LogP contribution in [0.25, 0.3) is 0 Å². The van der Waals surface area contributed by atoms with Crippen LogP contribution in [0.2, 0.25) is 0 Å². The highest BCUT2D eigenvalue weighted by Crippen LogP contribution is 2.21. The van der Waals surface area contributed by atoms with Gasteiger partial charge in [0.05, 0.1) is 13.5 Å². The maximum atomic E-state index is 12.4. The first-order valence-corrected chi connectivity index (χ1v) is 8.22. The van der Waals surface area contributed by atoms with Crippen molar-refractivity contribution in [2.45, 2.75) is 34.1 Å². The van der Waals surface area contributed by atoms with Crippen LogP contribution in [0.4, 0.5) is 0 Å². The molecule has 4 heteroatoms. The van der Waals surface area contributed by atoms with Gasteiger partial charge in [0.25, 0.3) is 0 Å². The fourth-order valence-electron chi connectivity index (χ4n) is 2.69. The quantitative estimate of drug-likeness (QED) is 0.591. The zero-order valence-electron chi connectivity index (χ0n) is 15.4. The fourth-order valence-corrected chi connectivity index (χ4v) is 2.69. The Morgan fingerprint density at radius 2 is 1.56 bits per heavy atom. The van der Waals surface area contributed by atoms with Gasteiger partial charge in [-0.05, 0) is 73.7 Å². The summed E-state index contributed by atoms with van der Waals surface area (Å²) in [6, 6.07) is 9.05. The van der Waals surface area contributed by atoms with Crippen molar-refractivity contribution in [1.29, 1.82) is 0 Å². The van der Waals surface area contributed by atoms with E-state index in [2.05, 4.69) is 0 Å². The monoisotopic (exact) mass is 340 g/mol. The second-order valence-corrected chi connectivity index (χ2v) is 6.22. The molecule has 2 aromatic rings. The first-order chi connectivity index (χ1) is 11.8. The predicted octanol–water partition coefficient (Wildman–Crippen LogP) is 3.90. The van der Waals surface area contributed by atoms with Crippen molar-refractivity contribution in [3.05, 3.63) is 63.7 Å². The molecule has 0 aliphatic carbocycles. The molecule has 2 aromatic carbocycles. The Morgan fingerprint density at radius 1 is 0.920 bits per heavy atom. The standard InChI is InChI=1S/C21H24O4/c1-13-10-19(16(4)15(3)14(13)2)20(22)12-25-21(23)11-17-6-8-18(24-5)9-7-17/h6-10H,11-12H2,1-5H3. The fraction of sp³-hybridized carbons (Fsp3) is 0.333. The summed E-state index contributed by atoms with van der Waals surface area (Å²) in [5.41, 5.74) is 5.74. The van der Waals surface area contributed by atoms with Crippen molar-refractivity contribution >= 4 is 11.8 Å². The lowest BCUT2D eigenvalue weighted by atomic mass is 9.93. The summed E-state index contributed by atoms with van der Waals surface area (Å²) in [5.74, 6) is 0.136. The Morgan fingerprint density at radius 3 is 2.16 bits per heavy atom. The first-order valence-electron chi connectivity index (χ1n) is 8.22. The summed E-state index contributed by atoms with van der Waals surface area (Å²) in [7, 11) is 1.59. The molecule has 0 atom stereocenters. The maximum absolute atomic E-state index is 12.4. The van der Waals surface area contributed by atoms with Gasteiger partial charge in [0.15, 0.2) is 6.61 Å². The molecule has 0 aliphatic rings. The Labute approximate surface area is 148 Å². The summed E-state index contributed by atoms with van der Waals surface area (Å²) in [4.78, 5) is 24.4. The molecule has 0 unspecified atom stereocenters. The highest BCUT2D eigenvalue weighted by atomic mass is 16.5. The second-order valence-electron chi connectivity index (χ2n) is 6.22. The summed E-state index contributed by atoms with van der Waals surface area (Å²) in [6.45, 7) is 7.71. The van der Waals surface area contributed by atoms with E-state index in [0.717, 1.165) is 28.0 Å². The summed E-state index contributed by atoms with van der Waals surface area (Å²) >= 11 is 0. The number of Topliss-reactive ketones (excluding diaryl/α,β-unsaturated/α-hetero) is 1. The Kier molecular flexibility index (Phi) is 5.97. The summed E-state index contributed by atoms with van der Waals surface area (Å²) in [5, 5.41) is 0. The minimum Gasteiger partial charge on any atom is -0.497 e. The number of esters is 1. The zero-order chi connectivity index (χ0) is 18.6. The number of hydrogen-bond acceptors (Lipinski definition) is 4. The summed E-state index contributed by atoms with van der Waals surface area (Å²) in [6.07, 6.45) is 0.127. The molecule has 0 fully saturated rings. The molecule has 132 valence electrons. The molecule has 0 amide bonds. The molecular formula is C21H24O4. The number of hydrogen-bond donors (Lipinski definition) is 0. The SMILES string of the molecule is COc1ccc(CC(=O)OCC(=O)c2cc(C)c(C)c(C)c2C)cc1. The average Bonchev–Trinajstić information content (AvgIpc) is 2.61. The largest absolute Gasteiger partial charge is 0.497 e. The van der Waals surface area contributed by atoms with Crippen LogP contribution in [0.3, 0.4) is 0 Å². The number of ketones is 1. The van der Waals surface area contributed by atoms with Gasteiger partial charge in [-0.1, -0.05) is 12.1 Å². The number of carbonyl (C=O) groups excluding carboxylic acids is 2. The van der Waals surface area contributed by atoms with Crippen molar-refractivity contribution in [3.63, 3.8) is 0 Å². The molecule has 0 aliphatic heterocycles. The predicted molar refractivity (Wildman–Crippen MR) is 97.4 cm³/mol. The minimum atomic E-state index is -0.420. The van der Waals surface area contributed by atoms with Crippen LogP contribution in [0.5, 0.6) is 5.75 Å². The minimum absolute atomic E-state index is 0.127. The van der Waals surface area contributed by atoms with Gasteiger partial charge >= 0.3 is 5.97 Å². The van der Waals surface area contributed by atoms with E-state index >= 15 is 0 Å². The van der Waals surface area contributed by atoms with E-state index in [-0.39, 0.29) is 18.8 Å². The molecule has 0 heterocycles. The van der Waals surface area contributed by atoms with E-state index < -0.39 is 5.97 Å². The van der Waals surface area contributed by atoms with E-state index in [9.17, 15) is 9.59 Å².